The van der Waals surface area contributed by atoms with Gasteiger partial charge in [-0.3, -0.25) is 9.69 Å². The molecule has 1 amide bonds. The lowest BCUT2D eigenvalue weighted by Gasteiger charge is -2.31. The lowest BCUT2D eigenvalue weighted by molar-refractivity contribution is -0.125. The molecule has 2 N–H and O–H groups in total. The zero-order valence-corrected chi connectivity index (χ0v) is 27.9. The SMILES string of the molecule is C=CC(=O)N1C[C@@H](F)[C@@H](N(C)c2nc(OC[C@@]34CCCN3C[C@H](F)C4)nc3c(C#N)c(-c4ccc(F)c5sc(N)c(C#N)c45)c(Cl)cc23)C1. The van der Waals surface area contributed by atoms with Gasteiger partial charge in [-0.1, -0.05) is 24.2 Å². The Kier molecular flexibility index (Phi) is 8.30. The first-order valence-corrected chi connectivity index (χ1v) is 16.8. The molecule has 3 fully saturated rings. The van der Waals surface area contributed by atoms with Crippen molar-refractivity contribution in [2.45, 2.75) is 43.2 Å². The Morgan fingerprint density at radius 1 is 1.27 bits per heavy atom. The second-order valence-electron chi connectivity index (χ2n) is 12.7. The normalized spacial score (nSPS) is 23.5. The molecule has 4 aromatic rings. The molecular formula is C34H30ClF3N8O2S. The Balaban J connectivity index is 1.41. The van der Waals surface area contributed by atoms with Crippen LogP contribution in [0.2, 0.25) is 5.02 Å². The Hall–Kier alpha value is -4.63. The van der Waals surface area contributed by atoms with Crippen molar-refractivity contribution in [1.82, 2.24) is 19.8 Å². The Labute approximate surface area is 288 Å². The van der Waals surface area contributed by atoms with Gasteiger partial charge in [-0.25, -0.2) is 13.2 Å². The van der Waals surface area contributed by atoms with Crippen LogP contribution in [0.3, 0.4) is 0 Å². The van der Waals surface area contributed by atoms with Crippen LogP contribution in [0.5, 0.6) is 6.01 Å². The van der Waals surface area contributed by atoms with E-state index in [-0.39, 0.29) is 73.8 Å². The van der Waals surface area contributed by atoms with E-state index in [1.54, 1.807) is 11.9 Å². The van der Waals surface area contributed by atoms with E-state index in [1.165, 1.54) is 23.1 Å². The van der Waals surface area contributed by atoms with Crippen molar-refractivity contribution in [2.75, 3.05) is 50.5 Å². The maximum absolute atomic E-state index is 15.5. The van der Waals surface area contributed by atoms with E-state index in [9.17, 15) is 24.1 Å². The van der Waals surface area contributed by atoms with Gasteiger partial charge >= 0.3 is 6.01 Å². The number of nitrogens with two attached hydrogens (primary N) is 1. The highest BCUT2D eigenvalue weighted by Crippen LogP contribution is 2.47. The van der Waals surface area contributed by atoms with Crippen LogP contribution in [0.1, 0.15) is 30.4 Å². The predicted octanol–water partition coefficient (Wildman–Crippen LogP) is 5.76. The summed E-state index contributed by atoms with van der Waals surface area (Å²) in [6.45, 7) is 4.57. The number of likely N-dealkylation sites (tertiary alicyclic amines) is 1. The van der Waals surface area contributed by atoms with Crippen LogP contribution in [0.15, 0.2) is 30.9 Å². The number of halogens is 4. The fourth-order valence-corrected chi connectivity index (χ4v) is 8.89. The Morgan fingerprint density at radius 2 is 2.04 bits per heavy atom. The summed E-state index contributed by atoms with van der Waals surface area (Å²) in [5.41, 5.74) is 6.23. The van der Waals surface area contributed by atoms with Gasteiger partial charge < -0.3 is 20.3 Å². The molecule has 0 spiro atoms. The number of alkyl halides is 2. The molecule has 15 heteroatoms. The maximum Gasteiger partial charge on any atom is 0.319 e. The molecule has 0 bridgehead atoms. The van der Waals surface area contributed by atoms with Crippen molar-refractivity contribution in [3.05, 3.63) is 52.8 Å². The molecule has 10 nitrogen and oxygen atoms in total. The quantitative estimate of drug-likeness (QED) is 0.238. The first kappa shape index (κ1) is 32.9. The van der Waals surface area contributed by atoms with Crippen molar-refractivity contribution in [1.29, 1.82) is 10.5 Å². The van der Waals surface area contributed by atoms with Crippen molar-refractivity contribution < 1.29 is 22.7 Å². The number of rotatable bonds is 7. The fraction of sp³-hybridized carbons (Fsp3) is 0.382. The molecule has 0 unspecified atom stereocenters. The molecular weight excluding hydrogens is 677 g/mol. The number of nitrogen functional groups attached to an aromatic ring is 1. The lowest BCUT2D eigenvalue weighted by atomic mass is 9.93. The van der Waals surface area contributed by atoms with Crippen molar-refractivity contribution in [3.63, 3.8) is 0 Å². The number of nitrogens with zero attached hydrogens (tertiary/aromatic N) is 7. The van der Waals surface area contributed by atoms with E-state index in [1.807, 2.05) is 6.07 Å². The predicted molar refractivity (Wildman–Crippen MR) is 182 cm³/mol. The Morgan fingerprint density at radius 3 is 2.78 bits per heavy atom. The van der Waals surface area contributed by atoms with Gasteiger partial charge in [0.15, 0.2) is 0 Å². The van der Waals surface area contributed by atoms with Gasteiger partial charge in [0.1, 0.15) is 47.7 Å². The molecule has 2 aromatic heterocycles. The minimum absolute atomic E-state index is 0.0111. The summed E-state index contributed by atoms with van der Waals surface area (Å²) in [5, 5.41) is 21.3. The summed E-state index contributed by atoms with van der Waals surface area (Å²) in [4.78, 5) is 26.7. The minimum Gasteiger partial charge on any atom is -0.461 e. The van der Waals surface area contributed by atoms with Gasteiger partial charge in [-0.15, -0.1) is 11.3 Å². The van der Waals surface area contributed by atoms with Crippen molar-refractivity contribution >= 4 is 60.7 Å². The fourth-order valence-electron chi connectivity index (χ4n) is 7.64. The van der Waals surface area contributed by atoms with Gasteiger partial charge in [0.05, 0.1) is 44.5 Å². The number of thiophene rings is 1. The van der Waals surface area contributed by atoms with Gasteiger partial charge in [0.25, 0.3) is 0 Å². The number of amides is 1. The minimum atomic E-state index is -1.44. The zero-order chi connectivity index (χ0) is 34.8. The molecule has 3 saturated heterocycles. The molecule has 7 rings (SSSR count). The highest BCUT2D eigenvalue weighted by Gasteiger charge is 2.49. The van der Waals surface area contributed by atoms with Crippen LogP contribution in [-0.4, -0.2) is 89.4 Å². The van der Waals surface area contributed by atoms with Crippen molar-refractivity contribution in [2.24, 2.45) is 0 Å². The molecule has 0 radical (unpaired) electrons. The third kappa shape index (κ3) is 5.30. The average molecular weight is 707 g/mol. The second-order valence-corrected chi connectivity index (χ2v) is 14.2. The number of ether oxygens (including phenoxy) is 1. The molecule has 3 aliphatic heterocycles. The number of aromatic nitrogens is 2. The molecule has 3 aliphatic rings. The number of carbonyl (C=O) groups excluding carboxylic acids is 1. The third-order valence-electron chi connectivity index (χ3n) is 9.98. The standard InChI is InChI=1S/C34H30ClF3N8O2S/c1-3-26(47)45-14-24(38)25(15-45)44(2)32-19-9-22(35)27(18-5-6-23(37)30-28(18)21(12-40)31(41)49-30)20(11-39)29(19)42-33(43-32)48-16-34-7-4-8-46(34)13-17(36)10-34/h3,5-6,9,17,24-25H,1,4,7-8,10,13-16,41H2,2H3/t17-,24-,25+,34+/m1/s1. The smallest absolute Gasteiger partial charge is 0.319 e. The third-order valence-corrected chi connectivity index (χ3v) is 11.3. The molecule has 49 heavy (non-hydrogen) atoms. The monoisotopic (exact) mass is 706 g/mol. The molecule has 252 valence electrons. The topological polar surface area (TPSA) is 135 Å². The van der Waals surface area contributed by atoms with E-state index in [0.717, 1.165) is 36.8 Å². The number of hydrogen-bond donors (Lipinski definition) is 1. The van der Waals surface area contributed by atoms with Gasteiger partial charge in [-0.2, -0.15) is 20.5 Å². The first-order chi connectivity index (χ1) is 23.5. The summed E-state index contributed by atoms with van der Waals surface area (Å²) in [6.07, 6.45) is 0.638. The van der Waals surface area contributed by atoms with Crippen LogP contribution < -0.4 is 15.4 Å². The number of likely N-dealkylation sites (N-methyl/N-ethyl adjacent to an activating group) is 1. The zero-order valence-electron chi connectivity index (χ0n) is 26.3. The maximum atomic E-state index is 15.5. The highest BCUT2D eigenvalue weighted by atomic mass is 35.5. The molecule has 5 heterocycles. The van der Waals surface area contributed by atoms with Gasteiger partial charge in [0, 0.05) is 42.9 Å². The number of fused-ring (bicyclic) bond motifs is 3. The molecule has 2 aromatic carbocycles. The van der Waals surface area contributed by atoms with Crippen LogP contribution in [0.25, 0.3) is 32.1 Å². The van der Waals surface area contributed by atoms with E-state index in [2.05, 4.69) is 27.5 Å². The summed E-state index contributed by atoms with van der Waals surface area (Å²) in [7, 11) is 1.62. The van der Waals surface area contributed by atoms with Crippen molar-refractivity contribution in [3.8, 4) is 29.3 Å². The van der Waals surface area contributed by atoms with Crippen LogP contribution in [-0.2, 0) is 4.79 Å². The Bertz CT molecular complexity index is 2130. The van der Waals surface area contributed by atoms with E-state index in [4.69, 9.17) is 22.1 Å². The summed E-state index contributed by atoms with van der Waals surface area (Å²) in [5.74, 6) is -0.796. The summed E-state index contributed by atoms with van der Waals surface area (Å²) >= 11 is 7.85. The largest absolute Gasteiger partial charge is 0.461 e. The molecule has 4 atom stereocenters. The van der Waals surface area contributed by atoms with E-state index < -0.39 is 35.6 Å². The van der Waals surface area contributed by atoms with Gasteiger partial charge in [0.2, 0.25) is 5.91 Å². The number of anilines is 2. The number of hydrogen-bond acceptors (Lipinski definition) is 10. The van der Waals surface area contributed by atoms with Crippen LogP contribution in [0.4, 0.5) is 24.0 Å². The molecule has 0 aliphatic carbocycles. The van der Waals surface area contributed by atoms with Gasteiger partial charge in [-0.05, 0) is 43.2 Å². The first-order valence-electron chi connectivity index (χ1n) is 15.7. The van der Waals surface area contributed by atoms with E-state index >= 15 is 4.39 Å². The van der Waals surface area contributed by atoms with Crippen LogP contribution in [0, 0.1) is 28.5 Å². The van der Waals surface area contributed by atoms with Crippen LogP contribution >= 0.6 is 22.9 Å². The highest BCUT2D eigenvalue weighted by molar-refractivity contribution is 7.23. The van der Waals surface area contributed by atoms with E-state index in [0.29, 0.717) is 23.9 Å². The number of benzene rings is 2. The second kappa shape index (κ2) is 12.4. The molecule has 0 saturated carbocycles. The summed E-state index contributed by atoms with van der Waals surface area (Å²) in [6, 6.07) is 7.48. The lowest BCUT2D eigenvalue weighted by Crippen LogP contribution is -2.43. The average Bonchev–Trinajstić information content (AvgIpc) is 3.83. The number of nitriles is 2. The number of carbonyl (C=O) groups is 1. The summed E-state index contributed by atoms with van der Waals surface area (Å²) < 4.78 is 51.4.